The smallest absolute Gasteiger partial charge is 0.341 e. The Bertz CT molecular complexity index is 771. The SMILES string of the molecule is N#Cc1cc(Br)c(O)c(Br)c1.O=C(O)COc1ccc(Cl)cc1Cl. The molecule has 0 amide bonds. The fourth-order valence-corrected chi connectivity index (χ4v) is 3.01. The van der Waals surface area contributed by atoms with Gasteiger partial charge in [-0.1, -0.05) is 23.2 Å². The highest BCUT2D eigenvalue weighted by atomic mass is 79.9. The number of aromatic hydroxyl groups is 1. The second-order valence-corrected chi connectivity index (χ2v) is 6.71. The molecule has 0 unspecified atom stereocenters. The molecular formula is C15H9Br2Cl2NO4. The molecule has 0 atom stereocenters. The van der Waals surface area contributed by atoms with Gasteiger partial charge in [0, 0.05) is 5.02 Å². The first-order chi connectivity index (χ1) is 11.2. The summed E-state index contributed by atoms with van der Waals surface area (Å²) in [5, 5.41) is 26.8. The number of hydrogen-bond donors (Lipinski definition) is 2. The number of nitrogens with zero attached hydrogens (tertiary/aromatic N) is 1. The van der Waals surface area contributed by atoms with Crippen LogP contribution in [-0.2, 0) is 4.79 Å². The molecule has 0 saturated heterocycles. The third kappa shape index (κ3) is 6.57. The fraction of sp³-hybridized carbons (Fsp3) is 0.0667. The third-order valence-corrected chi connectivity index (χ3v) is 4.13. The van der Waals surface area contributed by atoms with Gasteiger partial charge in [-0.25, -0.2) is 4.79 Å². The van der Waals surface area contributed by atoms with E-state index in [-0.39, 0.29) is 5.75 Å². The van der Waals surface area contributed by atoms with Crippen molar-refractivity contribution in [2.75, 3.05) is 6.61 Å². The molecule has 24 heavy (non-hydrogen) atoms. The Hall–Kier alpha value is -1.46. The van der Waals surface area contributed by atoms with Crippen molar-refractivity contribution in [3.63, 3.8) is 0 Å². The fourth-order valence-electron chi connectivity index (χ4n) is 1.36. The zero-order valence-electron chi connectivity index (χ0n) is 11.8. The number of benzene rings is 2. The predicted molar refractivity (Wildman–Crippen MR) is 97.8 cm³/mol. The summed E-state index contributed by atoms with van der Waals surface area (Å²) < 4.78 is 5.90. The van der Waals surface area contributed by atoms with Crippen molar-refractivity contribution in [1.29, 1.82) is 5.26 Å². The van der Waals surface area contributed by atoms with E-state index in [2.05, 4.69) is 31.9 Å². The topological polar surface area (TPSA) is 90.5 Å². The van der Waals surface area contributed by atoms with Crippen LogP contribution >= 0.6 is 55.1 Å². The number of ether oxygens (including phenoxy) is 1. The number of nitriles is 1. The second-order valence-electron chi connectivity index (χ2n) is 4.16. The monoisotopic (exact) mass is 495 g/mol. The molecule has 2 aromatic carbocycles. The van der Waals surface area contributed by atoms with Gasteiger partial charge in [0.2, 0.25) is 0 Å². The van der Waals surface area contributed by atoms with Gasteiger partial charge in [-0.05, 0) is 62.2 Å². The van der Waals surface area contributed by atoms with Crippen LogP contribution in [0, 0.1) is 11.3 Å². The van der Waals surface area contributed by atoms with Gasteiger partial charge in [0.1, 0.15) is 11.5 Å². The summed E-state index contributed by atoms with van der Waals surface area (Å²) in [5.74, 6) is -0.622. The average Bonchev–Trinajstić information content (AvgIpc) is 2.51. The Morgan fingerprint density at radius 3 is 2.25 bits per heavy atom. The minimum Gasteiger partial charge on any atom is -0.506 e. The van der Waals surface area contributed by atoms with E-state index in [1.807, 2.05) is 6.07 Å². The number of carbonyl (C=O) groups is 1. The summed E-state index contributed by atoms with van der Waals surface area (Å²) in [6.45, 7) is -0.415. The molecule has 2 rings (SSSR count). The van der Waals surface area contributed by atoms with E-state index >= 15 is 0 Å². The van der Waals surface area contributed by atoms with Crippen LogP contribution in [0.1, 0.15) is 5.56 Å². The van der Waals surface area contributed by atoms with Gasteiger partial charge in [-0.2, -0.15) is 5.26 Å². The zero-order chi connectivity index (χ0) is 18.3. The Labute approximate surface area is 164 Å². The lowest BCUT2D eigenvalue weighted by molar-refractivity contribution is -0.139. The van der Waals surface area contributed by atoms with E-state index in [0.29, 0.717) is 30.3 Å². The standard InChI is InChI=1S/C8H6Cl2O3.C7H3Br2NO/c9-5-1-2-7(6(10)3-5)13-4-8(11)12;8-5-1-4(3-10)2-6(9)7(5)11/h1-3H,4H2,(H,11,12);1-2,11H. The number of rotatable bonds is 3. The van der Waals surface area contributed by atoms with Crippen LogP contribution in [0.15, 0.2) is 39.3 Å². The molecule has 0 aliphatic carbocycles. The maximum atomic E-state index is 10.2. The van der Waals surface area contributed by atoms with Crippen molar-refractivity contribution in [1.82, 2.24) is 0 Å². The largest absolute Gasteiger partial charge is 0.506 e. The lowest BCUT2D eigenvalue weighted by atomic mass is 10.2. The molecule has 2 aromatic rings. The van der Waals surface area contributed by atoms with E-state index in [4.69, 9.17) is 38.3 Å². The molecule has 0 saturated carbocycles. The summed E-state index contributed by atoms with van der Waals surface area (Å²) in [6, 6.07) is 9.66. The van der Waals surface area contributed by atoms with E-state index in [1.54, 1.807) is 18.2 Å². The summed E-state index contributed by atoms with van der Waals surface area (Å²) in [4.78, 5) is 10.2. The van der Waals surface area contributed by atoms with Crippen molar-refractivity contribution in [2.45, 2.75) is 0 Å². The van der Waals surface area contributed by atoms with Crippen molar-refractivity contribution >= 4 is 61.0 Å². The van der Waals surface area contributed by atoms with E-state index in [9.17, 15) is 9.90 Å². The highest BCUT2D eigenvalue weighted by molar-refractivity contribution is 9.11. The zero-order valence-corrected chi connectivity index (χ0v) is 16.4. The number of phenols is 1. The average molecular weight is 498 g/mol. The number of carboxylic acids is 1. The first kappa shape index (κ1) is 20.6. The van der Waals surface area contributed by atoms with Crippen molar-refractivity contribution in [2.24, 2.45) is 0 Å². The third-order valence-electron chi connectivity index (χ3n) is 2.39. The molecule has 0 aromatic heterocycles. The van der Waals surface area contributed by atoms with E-state index in [0.717, 1.165) is 0 Å². The molecular weight excluding hydrogens is 489 g/mol. The first-order valence-corrected chi connectivity index (χ1v) is 8.46. The molecule has 2 N–H and O–H groups in total. The number of carboxylic acid groups (broad SMARTS) is 1. The van der Waals surface area contributed by atoms with E-state index in [1.165, 1.54) is 12.1 Å². The molecule has 0 bridgehead atoms. The highest BCUT2D eigenvalue weighted by Crippen LogP contribution is 2.32. The Kier molecular flexibility index (Phi) is 8.36. The molecule has 0 aliphatic heterocycles. The number of halogens is 4. The van der Waals surface area contributed by atoms with Crippen LogP contribution in [0.4, 0.5) is 0 Å². The maximum Gasteiger partial charge on any atom is 0.341 e. The highest BCUT2D eigenvalue weighted by Gasteiger charge is 2.05. The Morgan fingerprint density at radius 2 is 1.79 bits per heavy atom. The van der Waals surface area contributed by atoms with Crippen molar-refractivity contribution in [3.05, 3.63) is 54.9 Å². The van der Waals surface area contributed by atoms with Gasteiger partial charge >= 0.3 is 5.97 Å². The van der Waals surface area contributed by atoms with Crippen molar-refractivity contribution < 1.29 is 19.7 Å². The van der Waals surface area contributed by atoms with Crippen LogP contribution in [0.25, 0.3) is 0 Å². The molecule has 5 nitrogen and oxygen atoms in total. The molecule has 0 fully saturated rings. The summed E-state index contributed by atoms with van der Waals surface area (Å²) in [7, 11) is 0. The summed E-state index contributed by atoms with van der Waals surface area (Å²) >= 11 is 17.5. The Morgan fingerprint density at radius 1 is 1.21 bits per heavy atom. The summed E-state index contributed by atoms with van der Waals surface area (Å²) in [6.07, 6.45) is 0. The molecule has 0 radical (unpaired) electrons. The van der Waals surface area contributed by atoms with Gasteiger partial charge in [0.05, 0.1) is 25.6 Å². The second kappa shape index (κ2) is 9.74. The molecule has 0 heterocycles. The van der Waals surface area contributed by atoms with Crippen molar-refractivity contribution in [3.8, 4) is 17.6 Å². The first-order valence-electron chi connectivity index (χ1n) is 6.12. The molecule has 126 valence electrons. The number of hydrogen-bond acceptors (Lipinski definition) is 4. The van der Waals surface area contributed by atoms with Crippen LogP contribution in [0.3, 0.4) is 0 Å². The van der Waals surface area contributed by atoms with Gasteiger partial charge in [-0.15, -0.1) is 0 Å². The summed E-state index contributed by atoms with van der Waals surface area (Å²) in [5.41, 5.74) is 0.501. The Balaban J connectivity index is 0.000000243. The van der Waals surface area contributed by atoms with Gasteiger partial charge in [-0.3, -0.25) is 0 Å². The van der Waals surface area contributed by atoms with Crippen LogP contribution in [0.2, 0.25) is 10.0 Å². The quantitative estimate of drug-likeness (QED) is 0.604. The van der Waals surface area contributed by atoms with Gasteiger partial charge < -0.3 is 14.9 Å². The number of aliphatic carboxylic acids is 1. The van der Waals surface area contributed by atoms with E-state index < -0.39 is 12.6 Å². The lowest BCUT2D eigenvalue weighted by Gasteiger charge is -2.04. The molecule has 0 aliphatic rings. The normalized spacial score (nSPS) is 9.46. The lowest BCUT2D eigenvalue weighted by Crippen LogP contribution is -2.09. The number of phenolic OH excluding ortho intramolecular Hbond substituents is 1. The van der Waals surface area contributed by atoms with Gasteiger partial charge in [0.15, 0.2) is 6.61 Å². The molecule has 0 spiro atoms. The maximum absolute atomic E-state index is 10.2. The molecule has 9 heteroatoms. The van der Waals surface area contributed by atoms with Crippen LogP contribution in [-0.4, -0.2) is 22.8 Å². The minimum absolute atomic E-state index is 0.115. The van der Waals surface area contributed by atoms with Gasteiger partial charge in [0.25, 0.3) is 0 Å². The minimum atomic E-state index is -1.05. The predicted octanol–water partition coefficient (Wildman–Crippen LogP) is 5.25. The van der Waals surface area contributed by atoms with Crippen LogP contribution in [0.5, 0.6) is 11.5 Å². The van der Waals surface area contributed by atoms with Crippen LogP contribution < -0.4 is 4.74 Å².